The smallest absolute Gasteiger partial charge is 0.350 e. The number of aryl methyl sites for hydroxylation is 1. The van der Waals surface area contributed by atoms with Gasteiger partial charge in [-0.25, -0.2) is 9.78 Å². The number of anilines is 1. The minimum Gasteiger partial charge on any atom is -0.465 e. The second-order valence-electron chi connectivity index (χ2n) is 4.06. The van der Waals surface area contributed by atoms with Crippen LogP contribution >= 0.6 is 38.9 Å². The fourth-order valence-corrected chi connectivity index (χ4v) is 3.05. The molecule has 0 saturated carbocycles. The van der Waals surface area contributed by atoms with Crippen LogP contribution in [-0.2, 0) is 4.74 Å². The Balaban J connectivity index is 2.34. The molecule has 2 heterocycles. The van der Waals surface area contributed by atoms with Gasteiger partial charge in [0.15, 0.2) is 0 Å². The molecule has 1 amide bonds. The van der Waals surface area contributed by atoms with E-state index in [0.29, 0.717) is 15.0 Å². The molecule has 5 nitrogen and oxygen atoms in total. The molecular weight excluding hydrogens is 380 g/mol. The highest BCUT2D eigenvalue weighted by Crippen LogP contribution is 2.29. The Hall–Kier alpha value is -1.44. The highest BCUT2D eigenvalue weighted by molar-refractivity contribution is 9.10. The van der Waals surface area contributed by atoms with Crippen molar-refractivity contribution in [3.05, 3.63) is 43.3 Å². The van der Waals surface area contributed by atoms with Gasteiger partial charge in [0, 0.05) is 10.7 Å². The van der Waals surface area contributed by atoms with Crippen molar-refractivity contribution in [2.75, 3.05) is 12.4 Å². The van der Waals surface area contributed by atoms with Gasteiger partial charge in [0.25, 0.3) is 5.91 Å². The third kappa shape index (κ3) is 3.42. The molecule has 0 spiro atoms. The van der Waals surface area contributed by atoms with E-state index in [2.05, 4.69) is 26.2 Å². The van der Waals surface area contributed by atoms with Crippen LogP contribution in [-0.4, -0.2) is 24.0 Å². The number of carbonyl (C=O) groups is 2. The molecule has 110 valence electrons. The Labute approximate surface area is 138 Å². The lowest BCUT2D eigenvalue weighted by Gasteiger charge is -2.08. The Morgan fingerprint density at radius 2 is 2.19 bits per heavy atom. The molecule has 2 rings (SSSR count). The average molecular weight is 390 g/mol. The van der Waals surface area contributed by atoms with Crippen LogP contribution in [0.1, 0.15) is 25.6 Å². The Kier molecular flexibility index (Phi) is 4.97. The van der Waals surface area contributed by atoms with Crippen molar-refractivity contribution >= 4 is 56.4 Å². The van der Waals surface area contributed by atoms with Gasteiger partial charge >= 0.3 is 5.97 Å². The summed E-state index contributed by atoms with van der Waals surface area (Å²) in [4.78, 5) is 28.2. The normalized spacial score (nSPS) is 10.3. The summed E-state index contributed by atoms with van der Waals surface area (Å²) < 4.78 is 5.33. The Morgan fingerprint density at radius 3 is 2.86 bits per heavy atom. The number of esters is 1. The third-order valence-electron chi connectivity index (χ3n) is 2.63. The van der Waals surface area contributed by atoms with Gasteiger partial charge in [0.1, 0.15) is 10.0 Å². The first-order chi connectivity index (χ1) is 9.93. The number of nitrogens with one attached hydrogen (secondary N) is 1. The minimum absolute atomic E-state index is 0.0863. The molecule has 0 aliphatic heterocycles. The lowest BCUT2D eigenvalue weighted by atomic mass is 10.2. The highest BCUT2D eigenvalue weighted by atomic mass is 79.9. The molecule has 0 aliphatic carbocycles. The number of aromatic nitrogens is 1. The number of methoxy groups -OCH3 is 1. The molecule has 8 heteroatoms. The first-order valence-corrected chi connectivity index (χ1v) is 7.78. The van der Waals surface area contributed by atoms with Crippen molar-refractivity contribution < 1.29 is 14.3 Å². The molecule has 0 unspecified atom stereocenters. The largest absolute Gasteiger partial charge is 0.465 e. The van der Waals surface area contributed by atoms with Crippen LogP contribution in [0.2, 0.25) is 5.15 Å². The minimum atomic E-state index is -0.498. The number of carbonyl (C=O) groups excluding carboxylic acids is 2. The van der Waals surface area contributed by atoms with Crippen LogP contribution in [0, 0.1) is 6.92 Å². The van der Waals surface area contributed by atoms with Gasteiger partial charge in [0.2, 0.25) is 0 Å². The number of pyridine rings is 1. The lowest BCUT2D eigenvalue weighted by Crippen LogP contribution is -2.15. The van der Waals surface area contributed by atoms with E-state index in [0.717, 1.165) is 5.56 Å². The number of hydrogen-bond donors (Lipinski definition) is 1. The number of ether oxygens (including phenoxy) is 1. The molecule has 0 aliphatic rings. The van der Waals surface area contributed by atoms with E-state index in [1.165, 1.54) is 24.6 Å². The maximum Gasteiger partial charge on any atom is 0.350 e. The van der Waals surface area contributed by atoms with Crippen LogP contribution < -0.4 is 5.32 Å². The van der Waals surface area contributed by atoms with Crippen LogP contribution in [0.4, 0.5) is 5.69 Å². The fourth-order valence-electron chi connectivity index (χ4n) is 1.61. The molecular formula is C13H10BrClN2O3S. The maximum atomic E-state index is 12.3. The summed E-state index contributed by atoms with van der Waals surface area (Å²) in [5, 5.41) is 4.54. The SMILES string of the molecule is COC(=O)c1scc(C)c1NC(=O)c1cc(Br)cnc1Cl. The molecule has 0 fully saturated rings. The summed E-state index contributed by atoms with van der Waals surface area (Å²) in [6, 6.07) is 1.56. The van der Waals surface area contributed by atoms with Crippen molar-refractivity contribution in [2.45, 2.75) is 6.92 Å². The zero-order valence-electron chi connectivity index (χ0n) is 11.1. The lowest BCUT2D eigenvalue weighted by molar-refractivity contribution is 0.0607. The predicted octanol–water partition coefficient (Wildman–Crippen LogP) is 3.91. The van der Waals surface area contributed by atoms with Crippen LogP contribution in [0.25, 0.3) is 0 Å². The summed E-state index contributed by atoms with van der Waals surface area (Å²) in [6.45, 7) is 1.79. The summed E-state index contributed by atoms with van der Waals surface area (Å²) in [5.41, 5.74) is 1.41. The molecule has 1 N–H and O–H groups in total. The molecule has 2 aromatic heterocycles. The number of halogens is 2. The number of nitrogens with zero attached hydrogens (tertiary/aromatic N) is 1. The van der Waals surface area contributed by atoms with E-state index in [4.69, 9.17) is 16.3 Å². The second-order valence-corrected chi connectivity index (χ2v) is 6.21. The van der Waals surface area contributed by atoms with Crippen molar-refractivity contribution in [3.8, 4) is 0 Å². The van der Waals surface area contributed by atoms with Gasteiger partial charge in [0.05, 0.1) is 18.4 Å². The summed E-state index contributed by atoms with van der Waals surface area (Å²) in [7, 11) is 1.29. The molecule has 0 aromatic carbocycles. The molecule has 21 heavy (non-hydrogen) atoms. The van der Waals surface area contributed by atoms with E-state index in [-0.39, 0.29) is 10.7 Å². The quantitative estimate of drug-likeness (QED) is 0.638. The van der Waals surface area contributed by atoms with E-state index >= 15 is 0 Å². The van der Waals surface area contributed by atoms with Gasteiger partial charge < -0.3 is 10.1 Å². The van der Waals surface area contributed by atoms with Gasteiger partial charge in [-0.05, 0) is 39.9 Å². The van der Waals surface area contributed by atoms with Crippen molar-refractivity contribution in [3.63, 3.8) is 0 Å². The van der Waals surface area contributed by atoms with Gasteiger partial charge in [-0.1, -0.05) is 11.6 Å². The van der Waals surface area contributed by atoms with Crippen molar-refractivity contribution in [1.29, 1.82) is 0 Å². The van der Waals surface area contributed by atoms with E-state index in [9.17, 15) is 9.59 Å². The highest BCUT2D eigenvalue weighted by Gasteiger charge is 2.20. The summed E-state index contributed by atoms with van der Waals surface area (Å²) in [5.74, 6) is -0.942. The first kappa shape index (κ1) is 15.9. The molecule has 2 aromatic rings. The predicted molar refractivity (Wildman–Crippen MR) is 85.3 cm³/mol. The van der Waals surface area contributed by atoms with E-state index in [1.807, 2.05) is 0 Å². The molecule has 0 atom stereocenters. The number of thiophene rings is 1. The number of hydrogen-bond acceptors (Lipinski definition) is 5. The van der Waals surface area contributed by atoms with Gasteiger partial charge in [-0.15, -0.1) is 11.3 Å². The average Bonchev–Trinajstić information content (AvgIpc) is 2.82. The topological polar surface area (TPSA) is 68.3 Å². The van der Waals surface area contributed by atoms with Crippen LogP contribution in [0.15, 0.2) is 22.1 Å². The number of rotatable bonds is 3. The number of amides is 1. The Bertz CT molecular complexity index is 717. The van der Waals surface area contributed by atoms with Crippen molar-refractivity contribution in [1.82, 2.24) is 4.98 Å². The molecule has 0 radical (unpaired) electrons. The second kappa shape index (κ2) is 6.55. The summed E-state index contributed by atoms with van der Waals surface area (Å²) in [6.07, 6.45) is 1.49. The van der Waals surface area contributed by atoms with Crippen molar-refractivity contribution in [2.24, 2.45) is 0 Å². The van der Waals surface area contributed by atoms with E-state index in [1.54, 1.807) is 18.4 Å². The van der Waals surface area contributed by atoms with Crippen LogP contribution in [0.3, 0.4) is 0 Å². The molecule has 0 saturated heterocycles. The van der Waals surface area contributed by atoms with Gasteiger partial charge in [-0.3, -0.25) is 4.79 Å². The van der Waals surface area contributed by atoms with Gasteiger partial charge in [-0.2, -0.15) is 0 Å². The zero-order valence-corrected chi connectivity index (χ0v) is 14.2. The van der Waals surface area contributed by atoms with Crippen LogP contribution in [0.5, 0.6) is 0 Å². The first-order valence-electron chi connectivity index (χ1n) is 5.72. The van der Waals surface area contributed by atoms with E-state index < -0.39 is 11.9 Å². The molecule has 0 bridgehead atoms. The maximum absolute atomic E-state index is 12.3. The monoisotopic (exact) mass is 388 g/mol. The standard InChI is InChI=1S/C13H10BrClN2O3S/c1-6-5-21-10(13(19)20-2)9(6)17-12(18)8-3-7(14)4-16-11(8)15/h3-5H,1-2H3,(H,17,18). The fraction of sp³-hybridized carbons (Fsp3) is 0.154. The third-order valence-corrected chi connectivity index (χ3v) is 4.45. The zero-order chi connectivity index (χ0) is 15.6. The summed E-state index contributed by atoms with van der Waals surface area (Å²) >= 11 is 10.4. The Morgan fingerprint density at radius 1 is 1.48 bits per heavy atom.